The number of carbonyl (C=O) groups excluding carboxylic acids is 1. The third-order valence-electron chi connectivity index (χ3n) is 3.67. The Labute approximate surface area is 140 Å². The average Bonchev–Trinajstić information content (AvgIpc) is 3.05. The minimum Gasteiger partial charge on any atom is -0.484 e. The molecule has 0 unspecified atom stereocenters. The molecule has 0 fully saturated rings. The molecule has 2 aromatic carbocycles. The highest BCUT2D eigenvalue weighted by Crippen LogP contribution is 2.20. The van der Waals surface area contributed by atoms with Gasteiger partial charge in [-0.25, -0.2) is 4.98 Å². The highest BCUT2D eigenvalue weighted by molar-refractivity contribution is 5.78. The summed E-state index contributed by atoms with van der Waals surface area (Å²) in [6.07, 6.45) is 3.58. The summed E-state index contributed by atoms with van der Waals surface area (Å²) in [4.78, 5) is 16.7. The van der Waals surface area contributed by atoms with Crippen LogP contribution in [0.3, 0.4) is 0 Å². The lowest BCUT2D eigenvalue weighted by Gasteiger charge is -2.19. The summed E-state index contributed by atoms with van der Waals surface area (Å²) in [6, 6.07) is 18.7. The third-order valence-corrected chi connectivity index (χ3v) is 3.67. The number of aromatic nitrogens is 2. The molecule has 0 aliphatic carbocycles. The summed E-state index contributed by atoms with van der Waals surface area (Å²) in [7, 11) is 1.91. The zero-order chi connectivity index (χ0) is 16.8. The highest BCUT2D eigenvalue weighted by atomic mass is 16.5. The first-order chi connectivity index (χ1) is 11.7. The van der Waals surface area contributed by atoms with Crippen LogP contribution < -0.4 is 10.1 Å². The standard InChI is InChI=1S/C19H19N3O2/c1-22-13-12-20-19(22)18(15-8-4-2-5-9-15)21-17(23)14-24-16-10-6-3-7-11-16/h2-13,18H,14H2,1H3,(H,21,23)/t18-/m0/s1. The number of para-hydroxylation sites is 1. The Morgan fingerprint density at radius 1 is 1.12 bits per heavy atom. The fourth-order valence-electron chi connectivity index (χ4n) is 2.47. The summed E-state index contributed by atoms with van der Waals surface area (Å²) in [5, 5.41) is 3.00. The molecule has 0 bridgehead atoms. The maximum Gasteiger partial charge on any atom is 0.258 e. The molecule has 1 N–H and O–H groups in total. The van der Waals surface area contributed by atoms with Crippen LogP contribution in [0.2, 0.25) is 0 Å². The fraction of sp³-hybridized carbons (Fsp3) is 0.158. The Morgan fingerprint density at radius 2 is 1.79 bits per heavy atom. The number of imidazole rings is 1. The number of rotatable bonds is 6. The van der Waals surface area contributed by atoms with Crippen LogP contribution in [-0.2, 0) is 11.8 Å². The minimum atomic E-state index is -0.321. The molecule has 24 heavy (non-hydrogen) atoms. The van der Waals surface area contributed by atoms with Crippen LogP contribution in [-0.4, -0.2) is 22.1 Å². The zero-order valence-corrected chi connectivity index (χ0v) is 13.4. The largest absolute Gasteiger partial charge is 0.484 e. The number of amides is 1. The van der Waals surface area contributed by atoms with Gasteiger partial charge in [-0.1, -0.05) is 48.5 Å². The molecule has 0 saturated carbocycles. The molecule has 5 heteroatoms. The van der Waals surface area contributed by atoms with Gasteiger partial charge in [0.1, 0.15) is 17.6 Å². The number of nitrogens with one attached hydrogen (secondary N) is 1. The van der Waals surface area contributed by atoms with E-state index in [-0.39, 0.29) is 18.6 Å². The van der Waals surface area contributed by atoms with Gasteiger partial charge in [-0.05, 0) is 17.7 Å². The molecule has 0 radical (unpaired) electrons. The molecule has 3 rings (SSSR count). The Kier molecular flexibility index (Phi) is 4.91. The van der Waals surface area contributed by atoms with Crippen molar-refractivity contribution in [1.82, 2.24) is 14.9 Å². The van der Waals surface area contributed by atoms with Gasteiger partial charge in [-0.15, -0.1) is 0 Å². The van der Waals surface area contributed by atoms with Crippen LogP contribution in [0.4, 0.5) is 0 Å². The van der Waals surface area contributed by atoms with Crippen molar-refractivity contribution >= 4 is 5.91 Å². The fourth-order valence-corrected chi connectivity index (χ4v) is 2.47. The predicted molar refractivity (Wildman–Crippen MR) is 91.6 cm³/mol. The van der Waals surface area contributed by atoms with Crippen LogP contribution in [0, 0.1) is 0 Å². The van der Waals surface area contributed by atoms with Crippen molar-refractivity contribution < 1.29 is 9.53 Å². The van der Waals surface area contributed by atoms with Crippen LogP contribution in [0.15, 0.2) is 73.1 Å². The Hall–Kier alpha value is -3.08. The average molecular weight is 321 g/mol. The molecule has 3 aromatic rings. The van der Waals surface area contributed by atoms with Gasteiger partial charge in [0.15, 0.2) is 6.61 Å². The Balaban J connectivity index is 1.72. The molecule has 1 amide bonds. The second-order valence-corrected chi connectivity index (χ2v) is 5.41. The van der Waals surface area contributed by atoms with E-state index >= 15 is 0 Å². The van der Waals surface area contributed by atoms with E-state index in [0.29, 0.717) is 5.75 Å². The lowest BCUT2D eigenvalue weighted by molar-refractivity contribution is -0.123. The molecule has 0 aliphatic rings. The first-order valence-corrected chi connectivity index (χ1v) is 7.73. The van der Waals surface area contributed by atoms with Crippen molar-refractivity contribution in [2.45, 2.75) is 6.04 Å². The van der Waals surface area contributed by atoms with Gasteiger partial charge in [0.2, 0.25) is 0 Å². The normalized spacial score (nSPS) is 11.7. The van der Waals surface area contributed by atoms with E-state index in [2.05, 4.69) is 10.3 Å². The lowest BCUT2D eigenvalue weighted by atomic mass is 10.1. The summed E-state index contributed by atoms with van der Waals surface area (Å²) >= 11 is 0. The van der Waals surface area contributed by atoms with Crippen molar-refractivity contribution in [2.75, 3.05) is 6.61 Å². The summed E-state index contributed by atoms with van der Waals surface area (Å²) < 4.78 is 7.41. The van der Waals surface area contributed by atoms with Crippen LogP contribution in [0.1, 0.15) is 17.4 Å². The maximum atomic E-state index is 12.3. The quantitative estimate of drug-likeness (QED) is 0.759. The number of hydrogen-bond acceptors (Lipinski definition) is 3. The number of carbonyl (C=O) groups is 1. The SMILES string of the molecule is Cn1ccnc1[C@@H](NC(=O)COc1ccccc1)c1ccccc1. The van der Waals surface area contributed by atoms with Gasteiger partial charge in [0, 0.05) is 19.4 Å². The molecule has 122 valence electrons. The molecule has 0 aliphatic heterocycles. The molecule has 1 aromatic heterocycles. The van der Waals surface area contributed by atoms with E-state index in [1.54, 1.807) is 6.20 Å². The molecule has 5 nitrogen and oxygen atoms in total. The molecular weight excluding hydrogens is 302 g/mol. The molecule has 1 heterocycles. The Bertz CT molecular complexity index is 785. The summed E-state index contributed by atoms with van der Waals surface area (Å²) in [5.41, 5.74) is 0.972. The van der Waals surface area contributed by atoms with Gasteiger partial charge in [0.25, 0.3) is 5.91 Å². The molecule has 0 saturated heterocycles. The van der Waals surface area contributed by atoms with Crippen molar-refractivity contribution in [3.63, 3.8) is 0 Å². The van der Waals surface area contributed by atoms with Gasteiger partial charge in [0.05, 0.1) is 0 Å². The molecular formula is C19H19N3O2. The van der Waals surface area contributed by atoms with E-state index in [1.165, 1.54) is 0 Å². The van der Waals surface area contributed by atoms with E-state index in [4.69, 9.17) is 4.74 Å². The second kappa shape index (κ2) is 7.46. The minimum absolute atomic E-state index is 0.0439. The van der Waals surface area contributed by atoms with Crippen LogP contribution in [0.5, 0.6) is 5.75 Å². The number of aryl methyl sites for hydroxylation is 1. The van der Waals surface area contributed by atoms with Gasteiger partial charge < -0.3 is 14.6 Å². The summed E-state index contributed by atoms with van der Waals surface area (Å²) in [6.45, 7) is -0.0439. The van der Waals surface area contributed by atoms with Crippen molar-refractivity contribution in [3.05, 3.63) is 84.4 Å². The van der Waals surface area contributed by atoms with Gasteiger partial charge in [-0.2, -0.15) is 0 Å². The van der Waals surface area contributed by atoms with Gasteiger partial charge in [-0.3, -0.25) is 4.79 Å². The van der Waals surface area contributed by atoms with E-state index < -0.39 is 0 Å². The topological polar surface area (TPSA) is 56.2 Å². The van der Waals surface area contributed by atoms with E-state index in [9.17, 15) is 4.79 Å². The number of benzene rings is 2. The van der Waals surface area contributed by atoms with E-state index in [1.807, 2.05) is 78.5 Å². The van der Waals surface area contributed by atoms with Crippen LogP contribution in [0.25, 0.3) is 0 Å². The monoisotopic (exact) mass is 321 g/mol. The first-order valence-electron chi connectivity index (χ1n) is 7.73. The maximum absolute atomic E-state index is 12.3. The Morgan fingerprint density at radius 3 is 2.42 bits per heavy atom. The van der Waals surface area contributed by atoms with Crippen LogP contribution >= 0.6 is 0 Å². The first kappa shape index (κ1) is 15.8. The number of nitrogens with zero attached hydrogens (tertiary/aromatic N) is 2. The van der Waals surface area contributed by atoms with Gasteiger partial charge >= 0.3 is 0 Å². The van der Waals surface area contributed by atoms with Crippen molar-refractivity contribution in [3.8, 4) is 5.75 Å². The van der Waals surface area contributed by atoms with Crippen molar-refractivity contribution in [1.29, 1.82) is 0 Å². The smallest absolute Gasteiger partial charge is 0.258 e. The second-order valence-electron chi connectivity index (χ2n) is 5.41. The molecule has 1 atom stereocenters. The molecule has 0 spiro atoms. The third kappa shape index (κ3) is 3.81. The highest BCUT2D eigenvalue weighted by Gasteiger charge is 2.20. The van der Waals surface area contributed by atoms with Crippen molar-refractivity contribution in [2.24, 2.45) is 7.05 Å². The number of ether oxygens (including phenoxy) is 1. The summed E-state index contributed by atoms with van der Waals surface area (Å²) in [5.74, 6) is 1.24. The zero-order valence-electron chi connectivity index (χ0n) is 13.4. The predicted octanol–water partition coefficient (Wildman–Crippen LogP) is 2.70. The van der Waals surface area contributed by atoms with E-state index in [0.717, 1.165) is 11.4 Å². The lowest BCUT2D eigenvalue weighted by Crippen LogP contribution is -2.34. The number of hydrogen-bond donors (Lipinski definition) is 1.